The quantitative estimate of drug-likeness (QED) is 0.634. The first kappa shape index (κ1) is 17.1. The van der Waals surface area contributed by atoms with Gasteiger partial charge in [-0.3, -0.25) is 4.79 Å². The Morgan fingerprint density at radius 2 is 2.15 bits per heavy atom. The van der Waals surface area contributed by atoms with E-state index in [-0.39, 0.29) is 23.0 Å². The number of carbonyl (C=O) groups excluding carboxylic acids is 1. The Morgan fingerprint density at radius 1 is 1.26 bits per heavy atom. The third kappa shape index (κ3) is 2.67. The number of hydrogen-bond acceptors (Lipinski definition) is 6. The minimum absolute atomic E-state index is 0.145. The molecule has 1 saturated heterocycles. The van der Waals surface area contributed by atoms with Crippen LogP contribution in [0.5, 0.6) is 0 Å². The monoisotopic (exact) mass is 421 g/mol. The first-order chi connectivity index (χ1) is 13.1. The Kier molecular flexibility index (Phi) is 4.16. The highest BCUT2D eigenvalue weighted by Crippen LogP contribution is 2.37. The second kappa shape index (κ2) is 6.56. The maximum Gasteiger partial charge on any atom is 0.256 e. The van der Waals surface area contributed by atoms with Gasteiger partial charge in [0.2, 0.25) is 0 Å². The number of aromatic nitrogens is 4. The third-order valence-electron chi connectivity index (χ3n) is 4.83. The summed E-state index contributed by atoms with van der Waals surface area (Å²) in [6.45, 7) is 1.34. The number of rotatable bonds is 2. The summed E-state index contributed by atoms with van der Waals surface area (Å²) in [6.07, 6.45) is 1.74. The van der Waals surface area contributed by atoms with Crippen LogP contribution in [0.4, 0.5) is 0 Å². The van der Waals surface area contributed by atoms with Crippen molar-refractivity contribution >= 4 is 40.4 Å². The molecule has 0 saturated carbocycles. The van der Waals surface area contributed by atoms with Crippen molar-refractivity contribution in [2.75, 3.05) is 13.2 Å². The number of ether oxygens (including phenoxy) is 1. The van der Waals surface area contributed by atoms with E-state index in [1.54, 1.807) is 29.3 Å². The number of nitrogens with zero attached hydrogens (tertiary/aromatic N) is 5. The molecule has 2 aliphatic rings. The van der Waals surface area contributed by atoms with Crippen molar-refractivity contribution < 1.29 is 9.53 Å². The molecular formula is C17H13Cl2N5O2S. The van der Waals surface area contributed by atoms with E-state index in [0.29, 0.717) is 36.2 Å². The Labute approximate surface area is 168 Å². The van der Waals surface area contributed by atoms with E-state index in [0.717, 1.165) is 10.8 Å². The van der Waals surface area contributed by atoms with Gasteiger partial charge in [-0.15, -0.1) is 21.5 Å². The lowest BCUT2D eigenvalue weighted by atomic mass is 10.0. The van der Waals surface area contributed by atoms with Crippen molar-refractivity contribution in [2.45, 2.75) is 18.6 Å². The summed E-state index contributed by atoms with van der Waals surface area (Å²) in [7, 11) is 0. The highest BCUT2D eigenvalue weighted by atomic mass is 35.5. The first-order valence-corrected chi connectivity index (χ1v) is 9.96. The van der Waals surface area contributed by atoms with Crippen LogP contribution >= 0.6 is 34.5 Å². The Balaban J connectivity index is 1.57. The molecule has 2 aromatic heterocycles. The van der Waals surface area contributed by atoms with E-state index in [9.17, 15) is 4.79 Å². The lowest BCUT2D eigenvalue weighted by molar-refractivity contribution is -0.0569. The van der Waals surface area contributed by atoms with Crippen molar-refractivity contribution in [3.63, 3.8) is 0 Å². The predicted molar refractivity (Wildman–Crippen MR) is 101 cm³/mol. The van der Waals surface area contributed by atoms with Gasteiger partial charge in [-0.25, -0.2) is 4.98 Å². The summed E-state index contributed by atoms with van der Waals surface area (Å²) in [5.74, 6) is 1.25. The van der Waals surface area contributed by atoms with Crippen molar-refractivity contribution in [3.05, 3.63) is 51.2 Å². The highest BCUT2D eigenvalue weighted by Gasteiger charge is 2.44. The molecule has 0 aliphatic carbocycles. The fraction of sp³-hybridized carbons (Fsp3) is 0.294. The van der Waals surface area contributed by atoms with Gasteiger partial charge in [-0.2, -0.15) is 0 Å². The standard InChI is InChI=1S/C17H13Cl2N5O2S/c18-11-3-1-2-10(13(11)19)17(25)24-9-6-23-14(12(24)8-26-7-9)21-22-15(23)16-20-4-5-27-16/h1-5,9,12H,6-8H2/t9-,12-/m1/s1. The van der Waals surface area contributed by atoms with Gasteiger partial charge in [0.05, 0.1) is 34.9 Å². The van der Waals surface area contributed by atoms with Gasteiger partial charge in [0.25, 0.3) is 5.91 Å². The number of hydrogen-bond donors (Lipinski definition) is 0. The summed E-state index contributed by atoms with van der Waals surface area (Å²) < 4.78 is 7.76. The minimum Gasteiger partial charge on any atom is -0.377 e. The zero-order valence-corrected chi connectivity index (χ0v) is 16.2. The summed E-state index contributed by atoms with van der Waals surface area (Å²) in [6, 6.07) is 4.60. The molecular weight excluding hydrogens is 409 g/mol. The number of amides is 1. The van der Waals surface area contributed by atoms with Crippen LogP contribution in [0.2, 0.25) is 10.0 Å². The van der Waals surface area contributed by atoms with Crippen LogP contribution in [0.3, 0.4) is 0 Å². The number of morpholine rings is 1. The Morgan fingerprint density at radius 3 is 2.96 bits per heavy atom. The minimum atomic E-state index is -0.332. The van der Waals surface area contributed by atoms with E-state index in [1.165, 1.54) is 11.3 Å². The van der Waals surface area contributed by atoms with Crippen LogP contribution in [-0.2, 0) is 11.3 Å². The van der Waals surface area contributed by atoms with Gasteiger partial charge in [-0.1, -0.05) is 29.3 Å². The van der Waals surface area contributed by atoms with Crippen molar-refractivity contribution in [1.82, 2.24) is 24.6 Å². The average molecular weight is 422 g/mol. The van der Waals surface area contributed by atoms with E-state index in [2.05, 4.69) is 15.2 Å². The molecule has 4 heterocycles. The van der Waals surface area contributed by atoms with Crippen molar-refractivity contribution in [2.24, 2.45) is 0 Å². The topological polar surface area (TPSA) is 73.1 Å². The summed E-state index contributed by atoms with van der Waals surface area (Å²) in [5, 5.41) is 12.0. The maximum atomic E-state index is 13.3. The Hall–Kier alpha value is -2.00. The summed E-state index contributed by atoms with van der Waals surface area (Å²) in [4.78, 5) is 19.4. The maximum absolute atomic E-state index is 13.3. The van der Waals surface area contributed by atoms with Crippen LogP contribution in [0.1, 0.15) is 22.2 Å². The molecule has 0 N–H and O–H groups in total. The second-order valence-corrected chi connectivity index (χ2v) is 8.03. The lowest BCUT2D eigenvalue weighted by Gasteiger charge is -2.45. The van der Waals surface area contributed by atoms with Gasteiger partial charge in [0.15, 0.2) is 16.7 Å². The zero-order chi connectivity index (χ0) is 18.5. The van der Waals surface area contributed by atoms with Crippen LogP contribution in [-0.4, -0.2) is 49.8 Å². The van der Waals surface area contributed by atoms with Gasteiger partial charge in [-0.05, 0) is 12.1 Å². The summed E-state index contributed by atoms with van der Waals surface area (Å²) >= 11 is 13.9. The van der Waals surface area contributed by atoms with E-state index < -0.39 is 0 Å². The molecule has 2 bridgehead atoms. The van der Waals surface area contributed by atoms with Crippen LogP contribution < -0.4 is 0 Å². The molecule has 0 spiro atoms. The predicted octanol–water partition coefficient (Wildman–Crippen LogP) is 3.30. The van der Waals surface area contributed by atoms with Crippen molar-refractivity contribution in [3.8, 4) is 10.8 Å². The molecule has 1 fully saturated rings. The highest BCUT2D eigenvalue weighted by molar-refractivity contribution is 7.13. The third-order valence-corrected chi connectivity index (χ3v) is 6.41. The molecule has 2 aliphatic heterocycles. The number of halogens is 2. The Bertz CT molecular complexity index is 1020. The lowest BCUT2D eigenvalue weighted by Crippen LogP contribution is -2.56. The molecule has 0 unspecified atom stereocenters. The van der Waals surface area contributed by atoms with Crippen LogP contribution in [0.15, 0.2) is 29.8 Å². The SMILES string of the molecule is O=C(c1cccc(Cl)c1Cl)N1[C@H]2COC[C@@H]1c1nnc(-c3nccs3)n1C2. The fourth-order valence-electron chi connectivity index (χ4n) is 3.63. The average Bonchev–Trinajstić information content (AvgIpc) is 3.32. The molecule has 138 valence electrons. The van der Waals surface area contributed by atoms with Crippen LogP contribution in [0.25, 0.3) is 10.8 Å². The molecule has 27 heavy (non-hydrogen) atoms. The van der Waals surface area contributed by atoms with Gasteiger partial charge in [0, 0.05) is 18.1 Å². The normalized spacial score (nSPS) is 21.2. The summed E-state index contributed by atoms with van der Waals surface area (Å²) in [5.41, 5.74) is 0.383. The van der Waals surface area contributed by atoms with Gasteiger partial charge >= 0.3 is 0 Å². The fourth-order valence-corrected chi connectivity index (χ4v) is 4.64. The second-order valence-electron chi connectivity index (χ2n) is 6.35. The van der Waals surface area contributed by atoms with E-state index in [1.807, 2.05) is 9.95 Å². The van der Waals surface area contributed by atoms with Gasteiger partial charge < -0.3 is 14.2 Å². The molecule has 5 rings (SSSR count). The number of carbonyl (C=O) groups is 1. The molecule has 10 heteroatoms. The first-order valence-electron chi connectivity index (χ1n) is 8.32. The number of benzene rings is 1. The molecule has 2 atom stereocenters. The van der Waals surface area contributed by atoms with E-state index in [4.69, 9.17) is 27.9 Å². The smallest absolute Gasteiger partial charge is 0.256 e. The number of fused-ring (bicyclic) bond motifs is 4. The zero-order valence-electron chi connectivity index (χ0n) is 13.9. The van der Waals surface area contributed by atoms with Crippen molar-refractivity contribution in [1.29, 1.82) is 0 Å². The molecule has 0 radical (unpaired) electrons. The molecule has 1 aromatic carbocycles. The largest absolute Gasteiger partial charge is 0.377 e. The van der Waals surface area contributed by atoms with E-state index >= 15 is 0 Å². The molecule has 7 nitrogen and oxygen atoms in total. The molecule has 3 aromatic rings. The number of thiazole rings is 1. The van der Waals surface area contributed by atoms with Crippen LogP contribution in [0, 0.1) is 0 Å². The van der Waals surface area contributed by atoms with Gasteiger partial charge in [0.1, 0.15) is 6.04 Å². The molecule has 1 amide bonds.